The van der Waals surface area contributed by atoms with Gasteiger partial charge < -0.3 is 15.5 Å². The highest BCUT2D eigenvalue weighted by molar-refractivity contribution is 7.20. The van der Waals surface area contributed by atoms with E-state index in [1.807, 2.05) is 11.8 Å². The van der Waals surface area contributed by atoms with Crippen molar-refractivity contribution in [3.8, 4) is 0 Å². The number of likely N-dealkylation sites (tertiary alicyclic amines) is 2. The maximum absolute atomic E-state index is 13.6. The minimum absolute atomic E-state index is 0.0374. The second kappa shape index (κ2) is 9.41. The lowest BCUT2D eigenvalue weighted by Crippen LogP contribution is -2.63. The molecule has 3 aliphatic heterocycles. The van der Waals surface area contributed by atoms with Gasteiger partial charge in [-0.3, -0.25) is 14.5 Å². The zero-order chi connectivity index (χ0) is 23.9. The Morgan fingerprint density at radius 1 is 1.03 bits per heavy atom. The van der Waals surface area contributed by atoms with Crippen molar-refractivity contribution in [1.82, 2.24) is 19.8 Å². The first-order valence-electron chi connectivity index (χ1n) is 12.7. The van der Waals surface area contributed by atoms with Crippen molar-refractivity contribution in [2.75, 3.05) is 44.2 Å². The van der Waals surface area contributed by atoms with Gasteiger partial charge in [0.2, 0.25) is 5.91 Å². The van der Waals surface area contributed by atoms with Gasteiger partial charge in [-0.2, -0.15) is 0 Å². The second-order valence-electron chi connectivity index (χ2n) is 10.3. The topological polar surface area (TPSA) is 95.7 Å². The molecule has 0 aliphatic carbocycles. The standard InChI is InChI=1S/C25H36N6O2S/c1-17-6-12-29(13-7-17)21-19-18(2)20(34-22(19)28-16-27-21)23(32)30-14-8-25(9-15-30,24(26)33)31-10-4-3-5-11-31/h16-17H,3-15H2,1-2H3,(H2,26,33). The second-order valence-corrected chi connectivity index (χ2v) is 11.3. The summed E-state index contributed by atoms with van der Waals surface area (Å²) in [6.07, 6.45) is 8.59. The Morgan fingerprint density at radius 2 is 1.71 bits per heavy atom. The van der Waals surface area contributed by atoms with Gasteiger partial charge in [0.25, 0.3) is 5.91 Å². The number of nitrogens with zero attached hydrogens (tertiary/aromatic N) is 5. The van der Waals surface area contributed by atoms with E-state index in [0.29, 0.717) is 25.9 Å². The van der Waals surface area contributed by atoms with Gasteiger partial charge in [0.15, 0.2) is 0 Å². The molecule has 3 aliphatic rings. The minimum Gasteiger partial charge on any atom is -0.368 e. The summed E-state index contributed by atoms with van der Waals surface area (Å²) in [5.41, 5.74) is 6.29. The fourth-order valence-corrected chi connectivity index (χ4v) is 7.09. The Kier molecular flexibility index (Phi) is 6.50. The molecule has 34 heavy (non-hydrogen) atoms. The number of hydrogen-bond acceptors (Lipinski definition) is 7. The van der Waals surface area contributed by atoms with Gasteiger partial charge in [0.1, 0.15) is 22.5 Å². The molecule has 0 radical (unpaired) electrons. The van der Waals surface area contributed by atoms with E-state index in [-0.39, 0.29) is 11.8 Å². The molecule has 0 unspecified atom stereocenters. The van der Waals surface area contributed by atoms with E-state index >= 15 is 0 Å². The summed E-state index contributed by atoms with van der Waals surface area (Å²) in [4.78, 5) is 43.5. The Morgan fingerprint density at radius 3 is 2.35 bits per heavy atom. The van der Waals surface area contributed by atoms with Gasteiger partial charge in [-0.25, -0.2) is 9.97 Å². The number of nitrogens with two attached hydrogens (primary N) is 1. The summed E-state index contributed by atoms with van der Waals surface area (Å²) in [6, 6.07) is 0. The van der Waals surface area contributed by atoms with Crippen molar-refractivity contribution < 1.29 is 9.59 Å². The van der Waals surface area contributed by atoms with Crippen LogP contribution >= 0.6 is 11.3 Å². The summed E-state index contributed by atoms with van der Waals surface area (Å²) in [6.45, 7) is 9.25. The number of aromatic nitrogens is 2. The highest BCUT2D eigenvalue weighted by atomic mass is 32.1. The molecule has 0 bridgehead atoms. The van der Waals surface area contributed by atoms with Crippen LogP contribution in [0.4, 0.5) is 5.82 Å². The van der Waals surface area contributed by atoms with Crippen LogP contribution in [0, 0.1) is 12.8 Å². The predicted molar refractivity (Wildman–Crippen MR) is 135 cm³/mol. The molecule has 184 valence electrons. The van der Waals surface area contributed by atoms with Gasteiger partial charge >= 0.3 is 0 Å². The van der Waals surface area contributed by atoms with Crippen LogP contribution < -0.4 is 10.6 Å². The smallest absolute Gasteiger partial charge is 0.264 e. The first kappa shape index (κ1) is 23.5. The highest BCUT2D eigenvalue weighted by Crippen LogP contribution is 2.38. The Labute approximate surface area is 205 Å². The predicted octanol–water partition coefficient (Wildman–Crippen LogP) is 3.18. The average Bonchev–Trinajstić information content (AvgIpc) is 3.21. The summed E-state index contributed by atoms with van der Waals surface area (Å²) in [5.74, 6) is 1.50. The van der Waals surface area contributed by atoms with Crippen molar-refractivity contribution >= 4 is 39.2 Å². The van der Waals surface area contributed by atoms with Crippen LogP contribution in [0.1, 0.15) is 67.1 Å². The van der Waals surface area contributed by atoms with Crippen LogP contribution in [0.15, 0.2) is 6.33 Å². The first-order valence-corrected chi connectivity index (χ1v) is 13.6. The van der Waals surface area contributed by atoms with Crippen LogP contribution in [0.5, 0.6) is 0 Å². The van der Waals surface area contributed by atoms with Crippen LogP contribution in [0.2, 0.25) is 0 Å². The number of carbonyl (C=O) groups excluding carboxylic acids is 2. The summed E-state index contributed by atoms with van der Waals surface area (Å²) < 4.78 is 0. The Balaban J connectivity index is 1.36. The molecule has 2 aromatic heterocycles. The van der Waals surface area contributed by atoms with Crippen LogP contribution in [-0.2, 0) is 4.79 Å². The third-order valence-electron chi connectivity index (χ3n) is 8.28. The molecule has 0 aromatic carbocycles. The summed E-state index contributed by atoms with van der Waals surface area (Å²) >= 11 is 1.47. The molecule has 0 atom stereocenters. The highest BCUT2D eigenvalue weighted by Gasteiger charge is 2.46. The third kappa shape index (κ3) is 4.06. The van der Waals surface area contributed by atoms with Crippen molar-refractivity contribution in [2.24, 2.45) is 11.7 Å². The number of aryl methyl sites for hydroxylation is 1. The van der Waals surface area contributed by atoms with E-state index in [1.165, 1.54) is 17.8 Å². The lowest BCUT2D eigenvalue weighted by molar-refractivity contribution is -0.134. The number of rotatable bonds is 4. The van der Waals surface area contributed by atoms with E-state index in [2.05, 4.69) is 26.7 Å². The zero-order valence-electron chi connectivity index (χ0n) is 20.4. The molecule has 3 saturated heterocycles. The van der Waals surface area contributed by atoms with Gasteiger partial charge in [0.05, 0.1) is 10.3 Å². The Bertz CT molecular complexity index is 1060. The fourth-order valence-electron chi connectivity index (χ4n) is 5.98. The van der Waals surface area contributed by atoms with Crippen molar-refractivity contribution in [1.29, 1.82) is 0 Å². The average molecular weight is 485 g/mol. The maximum atomic E-state index is 13.6. The van der Waals surface area contributed by atoms with Gasteiger partial charge in [-0.05, 0) is 70.0 Å². The van der Waals surface area contributed by atoms with Crippen molar-refractivity contribution in [3.63, 3.8) is 0 Å². The van der Waals surface area contributed by atoms with Gasteiger partial charge in [0, 0.05) is 26.2 Å². The van der Waals surface area contributed by atoms with E-state index in [0.717, 1.165) is 84.3 Å². The van der Waals surface area contributed by atoms with E-state index in [4.69, 9.17) is 5.73 Å². The number of primary amides is 1. The molecule has 0 spiro atoms. The lowest BCUT2D eigenvalue weighted by Gasteiger charge is -2.48. The number of anilines is 1. The van der Waals surface area contributed by atoms with Gasteiger partial charge in [-0.15, -0.1) is 11.3 Å². The monoisotopic (exact) mass is 484 g/mol. The van der Waals surface area contributed by atoms with Crippen LogP contribution in [0.3, 0.4) is 0 Å². The SMILES string of the molecule is Cc1c(C(=O)N2CCC(C(N)=O)(N3CCCCC3)CC2)sc2ncnc(N3CCC(C)CC3)c12. The number of hydrogen-bond donors (Lipinski definition) is 1. The largest absolute Gasteiger partial charge is 0.368 e. The van der Waals surface area contributed by atoms with E-state index in [1.54, 1.807) is 6.33 Å². The van der Waals surface area contributed by atoms with Crippen LogP contribution in [-0.4, -0.2) is 76.4 Å². The van der Waals surface area contributed by atoms with Crippen LogP contribution in [0.25, 0.3) is 10.2 Å². The molecule has 5 heterocycles. The quantitative estimate of drug-likeness (QED) is 0.716. The summed E-state index contributed by atoms with van der Waals surface area (Å²) in [5, 5.41) is 1.02. The van der Waals surface area contributed by atoms with E-state index < -0.39 is 5.54 Å². The molecule has 3 fully saturated rings. The normalized spacial score (nSPS) is 22.3. The number of carbonyl (C=O) groups is 2. The minimum atomic E-state index is -0.615. The maximum Gasteiger partial charge on any atom is 0.264 e. The number of amides is 2. The molecule has 8 nitrogen and oxygen atoms in total. The molecule has 2 N–H and O–H groups in total. The van der Waals surface area contributed by atoms with E-state index in [9.17, 15) is 9.59 Å². The molecular weight excluding hydrogens is 448 g/mol. The number of fused-ring (bicyclic) bond motifs is 1. The van der Waals surface area contributed by atoms with Gasteiger partial charge in [-0.1, -0.05) is 13.3 Å². The third-order valence-corrected chi connectivity index (χ3v) is 9.47. The van der Waals surface area contributed by atoms with Crippen molar-refractivity contribution in [3.05, 3.63) is 16.8 Å². The molecular formula is C25H36N6O2S. The zero-order valence-corrected chi connectivity index (χ0v) is 21.2. The molecule has 5 rings (SSSR count). The first-order chi connectivity index (χ1) is 16.4. The lowest BCUT2D eigenvalue weighted by atomic mass is 9.83. The molecule has 2 amide bonds. The summed E-state index contributed by atoms with van der Waals surface area (Å²) in [7, 11) is 0. The molecule has 0 saturated carbocycles. The number of thiophene rings is 1. The Hall–Kier alpha value is -2.26. The molecule has 2 aromatic rings. The number of piperidine rings is 3. The van der Waals surface area contributed by atoms with Crippen molar-refractivity contribution in [2.45, 2.75) is 64.3 Å². The molecule has 9 heteroatoms. The fraction of sp³-hybridized carbons (Fsp3) is 0.680.